The highest BCUT2D eigenvalue weighted by atomic mass is 32.2. The molecule has 132 valence electrons. The Kier molecular flexibility index (Phi) is 7.54. The highest BCUT2D eigenvalue weighted by Crippen LogP contribution is 2.20. The van der Waals surface area contributed by atoms with Gasteiger partial charge in [-0.1, -0.05) is 60.7 Å². The molecular formula is C20H22O4S. The first-order valence-electron chi connectivity index (χ1n) is 8.13. The average Bonchev–Trinajstić information content (AvgIpc) is 2.65. The summed E-state index contributed by atoms with van der Waals surface area (Å²) in [6.45, 7) is 3.94. The Bertz CT molecular complexity index is 613. The molecule has 0 bridgehead atoms. The van der Waals surface area contributed by atoms with Crippen LogP contribution in [0.4, 0.5) is 0 Å². The second-order valence-electron chi connectivity index (χ2n) is 5.61. The minimum absolute atomic E-state index is 0.234. The standard InChI is InChI=1S/C20H22O4S/c1-15(19(21)23-13-17-9-5-3-6-10-17)25-16(2)20(22)24-14-18-11-7-4-8-12-18/h3-12,15-16H,13-14H2,1-2H3. The van der Waals surface area contributed by atoms with Crippen molar-refractivity contribution in [3.05, 3.63) is 71.8 Å². The van der Waals surface area contributed by atoms with Crippen LogP contribution in [-0.4, -0.2) is 22.4 Å². The zero-order valence-corrected chi connectivity index (χ0v) is 15.2. The summed E-state index contributed by atoms with van der Waals surface area (Å²) in [6, 6.07) is 19.0. The molecule has 0 radical (unpaired) electrons. The van der Waals surface area contributed by atoms with Gasteiger partial charge in [0.15, 0.2) is 0 Å². The number of carbonyl (C=O) groups is 2. The molecule has 0 aliphatic rings. The highest BCUT2D eigenvalue weighted by molar-refractivity contribution is 8.01. The fraction of sp³-hybridized carbons (Fsp3) is 0.300. The lowest BCUT2D eigenvalue weighted by Crippen LogP contribution is -2.24. The Balaban J connectivity index is 1.73. The predicted molar refractivity (Wildman–Crippen MR) is 99.0 cm³/mol. The first-order chi connectivity index (χ1) is 12.1. The van der Waals surface area contributed by atoms with E-state index in [-0.39, 0.29) is 25.2 Å². The van der Waals surface area contributed by atoms with E-state index in [0.29, 0.717) is 0 Å². The summed E-state index contributed by atoms with van der Waals surface area (Å²) >= 11 is 1.24. The van der Waals surface area contributed by atoms with Crippen molar-refractivity contribution < 1.29 is 19.1 Å². The van der Waals surface area contributed by atoms with E-state index >= 15 is 0 Å². The number of carbonyl (C=O) groups excluding carboxylic acids is 2. The third-order valence-corrected chi connectivity index (χ3v) is 4.72. The van der Waals surface area contributed by atoms with Crippen LogP contribution in [-0.2, 0) is 32.3 Å². The second kappa shape index (κ2) is 9.89. The summed E-state index contributed by atoms with van der Waals surface area (Å²) in [5.74, 6) is -0.673. The van der Waals surface area contributed by atoms with Gasteiger partial charge in [-0.05, 0) is 25.0 Å². The summed E-state index contributed by atoms with van der Waals surface area (Å²) in [7, 11) is 0. The molecule has 0 spiro atoms. The molecule has 2 rings (SSSR count). The van der Waals surface area contributed by atoms with Gasteiger partial charge in [0.1, 0.15) is 23.7 Å². The van der Waals surface area contributed by atoms with Crippen LogP contribution in [0.15, 0.2) is 60.7 Å². The molecule has 2 aromatic rings. The molecule has 5 heteroatoms. The van der Waals surface area contributed by atoms with Crippen LogP contribution >= 0.6 is 11.8 Å². The fourth-order valence-electron chi connectivity index (χ4n) is 2.11. The Morgan fingerprint density at radius 2 is 1.12 bits per heavy atom. The van der Waals surface area contributed by atoms with Crippen molar-refractivity contribution in [2.75, 3.05) is 0 Å². The first-order valence-corrected chi connectivity index (χ1v) is 9.07. The van der Waals surface area contributed by atoms with Gasteiger partial charge in [-0.2, -0.15) is 0 Å². The topological polar surface area (TPSA) is 52.6 Å². The number of rotatable bonds is 8. The highest BCUT2D eigenvalue weighted by Gasteiger charge is 2.23. The largest absolute Gasteiger partial charge is 0.460 e. The molecule has 0 N–H and O–H groups in total. The number of hydrogen-bond donors (Lipinski definition) is 0. The number of hydrogen-bond acceptors (Lipinski definition) is 5. The van der Waals surface area contributed by atoms with Gasteiger partial charge in [0.25, 0.3) is 0 Å². The van der Waals surface area contributed by atoms with Crippen LogP contribution in [0.1, 0.15) is 25.0 Å². The lowest BCUT2D eigenvalue weighted by atomic mass is 10.2. The zero-order valence-electron chi connectivity index (χ0n) is 14.4. The molecule has 0 amide bonds. The lowest BCUT2D eigenvalue weighted by molar-refractivity contribution is -0.143. The van der Waals surface area contributed by atoms with E-state index in [0.717, 1.165) is 11.1 Å². The van der Waals surface area contributed by atoms with Crippen molar-refractivity contribution in [1.82, 2.24) is 0 Å². The van der Waals surface area contributed by atoms with Gasteiger partial charge in [0.2, 0.25) is 0 Å². The molecule has 0 fully saturated rings. The molecule has 2 atom stereocenters. The van der Waals surface area contributed by atoms with E-state index in [1.807, 2.05) is 60.7 Å². The minimum Gasteiger partial charge on any atom is -0.460 e. The maximum absolute atomic E-state index is 12.1. The zero-order chi connectivity index (χ0) is 18.1. The van der Waals surface area contributed by atoms with Crippen molar-refractivity contribution in [3.8, 4) is 0 Å². The third kappa shape index (κ3) is 6.63. The maximum Gasteiger partial charge on any atom is 0.319 e. The molecule has 0 aromatic heterocycles. The third-order valence-electron chi connectivity index (χ3n) is 3.52. The van der Waals surface area contributed by atoms with E-state index < -0.39 is 10.5 Å². The van der Waals surface area contributed by atoms with Gasteiger partial charge in [-0.15, -0.1) is 11.8 Å². The number of thioether (sulfide) groups is 1. The lowest BCUT2D eigenvalue weighted by Gasteiger charge is -2.16. The molecule has 2 unspecified atom stereocenters. The van der Waals surface area contributed by atoms with Crippen LogP contribution in [0.25, 0.3) is 0 Å². The van der Waals surface area contributed by atoms with Crippen molar-refractivity contribution in [1.29, 1.82) is 0 Å². The Morgan fingerprint density at radius 1 is 0.760 bits per heavy atom. The molecule has 0 saturated heterocycles. The van der Waals surface area contributed by atoms with E-state index in [1.54, 1.807) is 13.8 Å². The SMILES string of the molecule is CC(SC(C)C(=O)OCc1ccccc1)C(=O)OCc1ccccc1. The van der Waals surface area contributed by atoms with Gasteiger partial charge in [0, 0.05) is 0 Å². The van der Waals surface area contributed by atoms with Crippen LogP contribution in [0.2, 0.25) is 0 Å². The number of ether oxygens (including phenoxy) is 2. The first kappa shape index (κ1) is 19.1. The van der Waals surface area contributed by atoms with Gasteiger partial charge in [0.05, 0.1) is 0 Å². The Morgan fingerprint density at radius 3 is 1.48 bits per heavy atom. The Hall–Kier alpha value is -2.27. The molecule has 2 aromatic carbocycles. The summed E-state index contributed by atoms with van der Waals surface area (Å²) < 4.78 is 10.6. The van der Waals surface area contributed by atoms with Crippen LogP contribution in [0, 0.1) is 0 Å². The van der Waals surface area contributed by atoms with Crippen LogP contribution < -0.4 is 0 Å². The minimum atomic E-state index is -0.442. The summed E-state index contributed by atoms with van der Waals surface area (Å²) in [5.41, 5.74) is 1.87. The quantitative estimate of drug-likeness (QED) is 0.668. The van der Waals surface area contributed by atoms with Gasteiger partial charge >= 0.3 is 11.9 Å². The van der Waals surface area contributed by atoms with Gasteiger partial charge in [-0.25, -0.2) is 0 Å². The molecule has 0 saturated carbocycles. The summed E-state index contributed by atoms with van der Waals surface area (Å²) in [4.78, 5) is 24.1. The summed E-state index contributed by atoms with van der Waals surface area (Å²) in [6.07, 6.45) is 0. The molecule has 0 aliphatic heterocycles. The molecule has 0 aliphatic carbocycles. The molecule has 25 heavy (non-hydrogen) atoms. The molecule has 4 nitrogen and oxygen atoms in total. The van der Waals surface area contributed by atoms with Crippen LogP contribution in [0.5, 0.6) is 0 Å². The number of benzene rings is 2. The van der Waals surface area contributed by atoms with Crippen molar-refractivity contribution in [2.45, 2.75) is 37.6 Å². The number of esters is 2. The smallest absolute Gasteiger partial charge is 0.319 e. The van der Waals surface area contributed by atoms with Crippen LogP contribution in [0.3, 0.4) is 0 Å². The molecule has 0 heterocycles. The van der Waals surface area contributed by atoms with E-state index in [1.165, 1.54) is 11.8 Å². The van der Waals surface area contributed by atoms with Crippen molar-refractivity contribution in [2.24, 2.45) is 0 Å². The maximum atomic E-state index is 12.1. The van der Waals surface area contributed by atoms with E-state index in [2.05, 4.69) is 0 Å². The monoisotopic (exact) mass is 358 g/mol. The summed E-state index contributed by atoms with van der Waals surface area (Å²) in [5, 5.41) is -0.883. The second-order valence-corrected chi connectivity index (χ2v) is 7.29. The normalized spacial score (nSPS) is 12.9. The predicted octanol–water partition coefficient (Wildman–Crippen LogP) is 3.98. The van der Waals surface area contributed by atoms with E-state index in [4.69, 9.17) is 9.47 Å². The average molecular weight is 358 g/mol. The van der Waals surface area contributed by atoms with Gasteiger partial charge < -0.3 is 9.47 Å². The van der Waals surface area contributed by atoms with Crippen molar-refractivity contribution in [3.63, 3.8) is 0 Å². The van der Waals surface area contributed by atoms with Gasteiger partial charge in [-0.3, -0.25) is 9.59 Å². The molecular weight excluding hydrogens is 336 g/mol. The fourth-order valence-corrected chi connectivity index (χ4v) is 3.08. The van der Waals surface area contributed by atoms with E-state index in [9.17, 15) is 9.59 Å². The Labute approximate surface area is 152 Å². The van der Waals surface area contributed by atoms with Crippen molar-refractivity contribution >= 4 is 23.7 Å².